The van der Waals surface area contributed by atoms with Gasteiger partial charge < -0.3 is 10.5 Å². The molecule has 0 radical (unpaired) electrons. The maximum absolute atomic E-state index is 15.5. The lowest BCUT2D eigenvalue weighted by Gasteiger charge is -2.17. The van der Waals surface area contributed by atoms with E-state index in [-0.39, 0.29) is 11.5 Å². The van der Waals surface area contributed by atoms with Crippen molar-refractivity contribution in [3.63, 3.8) is 0 Å². The molecule has 0 atom stereocenters. The molecule has 1 aromatic carbocycles. The number of hydrogen-bond donors (Lipinski definition) is 1. The number of nitrogens with two attached hydrogens (primary N) is 1. The Kier molecular flexibility index (Phi) is 7.13. The van der Waals surface area contributed by atoms with Crippen molar-refractivity contribution in [2.24, 2.45) is 5.92 Å². The number of benzene rings is 1. The Morgan fingerprint density at radius 2 is 1.95 bits per heavy atom. The Labute approximate surface area is 215 Å². The average molecular weight is 506 g/mol. The van der Waals surface area contributed by atoms with E-state index in [1.807, 2.05) is 16.9 Å². The lowest BCUT2D eigenvalue weighted by atomic mass is 10.1. The lowest BCUT2D eigenvalue weighted by molar-refractivity contribution is 0.236. The van der Waals surface area contributed by atoms with E-state index in [1.54, 1.807) is 31.5 Å². The predicted molar refractivity (Wildman–Crippen MR) is 139 cm³/mol. The molecule has 0 amide bonds. The first kappa shape index (κ1) is 24.8. The summed E-state index contributed by atoms with van der Waals surface area (Å²) in [6.45, 7) is 10.3. The fourth-order valence-electron chi connectivity index (χ4n) is 4.58. The second-order valence-corrected chi connectivity index (χ2v) is 9.84. The molecule has 37 heavy (non-hydrogen) atoms. The standard InChI is InChI=1S/C26H32FN9O/c1-17(2)15-35-16-20(14-30-35)19-12-21(25(28)29-13-19)26-31-32-33-36(26)22-6-7-23(18(3)24(22)27)37-11-10-34-8-4-5-9-34/h6-7,12-14,16-17H,4-5,8-11,15H2,1-3H3,(H2,28,29). The zero-order valence-electron chi connectivity index (χ0n) is 21.4. The second kappa shape index (κ2) is 10.6. The third-order valence-corrected chi connectivity index (χ3v) is 6.56. The highest BCUT2D eigenvalue weighted by Gasteiger charge is 2.21. The molecule has 1 fully saturated rings. The quantitative estimate of drug-likeness (QED) is 0.366. The third kappa shape index (κ3) is 5.31. The molecule has 10 nitrogen and oxygen atoms in total. The maximum Gasteiger partial charge on any atom is 0.190 e. The van der Waals surface area contributed by atoms with E-state index in [4.69, 9.17) is 10.5 Å². The zero-order valence-corrected chi connectivity index (χ0v) is 21.4. The molecular weight excluding hydrogens is 473 g/mol. The van der Waals surface area contributed by atoms with Gasteiger partial charge in [0.2, 0.25) is 0 Å². The first-order valence-electron chi connectivity index (χ1n) is 12.6. The van der Waals surface area contributed by atoms with Gasteiger partial charge in [-0.15, -0.1) is 5.10 Å². The van der Waals surface area contributed by atoms with E-state index in [9.17, 15) is 0 Å². The molecule has 0 saturated carbocycles. The van der Waals surface area contributed by atoms with Crippen LogP contribution in [0.3, 0.4) is 0 Å². The summed E-state index contributed by atoms with van der Waals surface area (Å²) in [6.07, 6.45) is 7.88. The minimum absolute atomic E-state index is 0.207. The number of likely N-dealkylation sites (tertiary alicyclic amines) is 1. The Morgan fingerprint density at radius 1 is 1.14 bits per heavy atom. The largest absolute Gasteiger partial charge is 0.492 e. The average Bonchev–Trinajstić information content (AvgIpc) is 3.64. The Bertz CT molecular complexity index is 1370. The monoisotopic (exact) mass is 505 g/mol. The summed E-state index contributed by atoms with van der Waals surface area (Å²) < 4.78 is 24.7. The summed E-state index contributed by atoms with van der Waals surface area (Å²) in [5.74, 6) is 1.06. The van der Waals surface area contributed by atoms with Crippen LogP contribution in [0.25, 0.3) is 28.2 Å². The van der Waals surface area contributed by atoms with Crippen molar-refractivity contribution < 1.29 is 9.13 Å². The molecule has 194 valence electrons. The van der Waals surface area contributed by atoms with E-state index in [2.05, 4.69) is 44.4 Å². The van der Waals surface area contributed by atoms with Crippen molar-refractivity contribution in [3.8, 4) is 34.0 Å². The number of nitrogens with zero attached hydrogens (tertiary/aromatic N) is 8. The first-order valence-corrected chi connectivity index (χ1v) is 12.6. The summed E-state index contributed by atoms with van der Waals surface area (Å²) >= 11 is 0. The number of rotatable bonds is 9. The van der Waals surface area contributed by atoms with Gasteiger partial charge in [-0.25, -0.2) is 9.37 Å². The van der Waals surface area contributed by atoms with Crippen molar-refractivity contribution in [3.05, 3.63) is 48.2 Å². The molecule has 4 heterocycles. The van der Waals surface area contributed by atoms with Crippen LogP contribution in [0.1, 0.15) is 32.3 Å². The van der Waals surface area contributed by atoms with E-state index in [0.717, 1.165) is 37.3 Å². The van der Waals surface area contributed by atoms with Crippen LogP contribution in [-0.2, 0) is 6.54 Å². The summed E-state index contributed by atoms with van der Waals surface area (Å²) in [4.78, 5) is 6.71. The molecule has 11 heteroatoms. The van der Waals surface area contributed by atoms with Gasteiger partial charge in [-0.3, -0.25) is 9.58 Å². The molecule has 0 aliphatic carbocycles. The van der Waals surface area contributed by atoms with Crippen LogP contribution in [0.4, 0.5) is 10.2 Å². The van der Waals surface area contributed by atoms with Crippen molar-refractivity contribution in [2.45, 2.75) is 40.2 Å². The fourth-order valence-corrected chi connectivity index (χ4v) is 4.58. The Morgan fingerprint density at radius 3 is 2.73 bits per heavy atom. The molecule has 0 spiro atoms. The van der Waals surface area contributed by atoms with Gasteiger partial charge in [0.05, 0.1) is 11.8 Å². The molecule has 0 bridgehead atoms. The lowest BCUT2D eigenvalue weighted by Crippen LogP contribution is -2.25. The minimum Gasteiger partial charge on any atom is -0.492 e. The topological polar surface area (TPSA) is 113 Å². The summed E-state index contributed by atoms with van der Waals surface area (Å²) in [5.41, 5.74) is 9.03. The Hall–Kier alpha value is -3.86. The number of tetrazole rings is 1. The van der Waals surface area contributed by atoms with E-state index in [1.165, 1.54) is 17.5 Å². The van der Waals surface area contributed by atoms with Gasteiger partial charge in [-0.2, -0.15) is 9.78 Å². The summed E-state index contributed by atoms with van der Waals surface area (Å²) in [6, 6.07) is 5.23. The smallest absolute Gasteiger partial charge is 0.190 e. The third-order valence-electron chi connectivity index (χ3n) is 6.56. The maximum atomic E-state index is 15.5. The van der Waals surface area contributed by atoms with E-state index < -0.39 is 5.82 Å². The number of pyridine rings is 1. The van der Waals surface area contributed by atoms with Gasteiger partial charge >= 0.3 is 0 Å². The van der Waals surface area contributed by atoms with Crippen LogP contribution in [0.5, 0.6) is 5.75 Å². The number of aromatic nitrogens is 7. The highest BCUT2D eigenvalue weighted by Crippen LogP contribution is 2.32. The van der Waals surface area contributed by atoms with Crippen LogP contribution in [0.2, 0.25) is 0 Å². The molecule has 2 N–H and O–H groups in total. The number of hydrogen-bond acceptors (Lipinski definition) is 8. The van der Waals surface area contributed by atoms with Gasteiger partial charge in [-0.05, 0) is 67.4 Å². The normalized spacial score (nSPS) is 14.1. The molecule has 1 aliphatic heterocycles. The number of anilines is 1. The SMILES string of the molecule is Cc1c(OCCN2CCCC2)ccc(-n2nnnc2-c2cc(-c3cnn(CC(C)C)c3)cnc2N)c1F. The number of halogens is 1. The van der Waals surface area contributed by atoms with Gasteiger partial charge in [0.1, 0.15) is 23.9 Å². The highest BCUT2D eigenvalue weighted by atomic mass is 19.1. The first-order chi connectivity index (χ1) is 17.9. The van der Waals surface area contributed by atoms with Crippen LogP contribution in [0, 0.1) is 18.7 Å². The molecule has 0 unspecified atom stereocenters. The van der Waals surface area contributed by atoms with Crippen LogP contribution >= 0.6 is 0 Å². The predicted octanol–water partition coefficient (Wildman–Crippen LogP) is 3.75. The molecule has 3 aromatic heterocycles. The Balaban J connectivity index is 1.41. The highest BCUT2D eigenvalue weighted by molar-refractivity contribution is 5.76. The number of nitrogen functional groups attached to an aromatic ring is 1. The second-order valence-electron chi connectivity index (χ2n) is 9.84. The summed E-state index contributed by atoms with van der Waals surface area (Å²) in [5, 5.41) is 16.4. The molecule has 5 rings (SSSR count). The van der Waals surface area contributed by atoms with Crippen molar-refractivity contribution in [1.29, 1.82) is 0 Å². The van der Waals surface area contributed by atoms with Gasteiger partial charge in [0, 0.05) is 42.2 Å². The van der Waals surface area contributed by atoms with Crippen molar-refractivity contribution in [2.75, 3.05) is 32.0 Å². The molecular formula is C26H32FN9O. The van der Waals surface area contributed by atoms with Gasteiger partial charge in [0.15, 0.2) is 11.6 Å². The van der Waals surface area contributed by atoms with E-state index >= 15 is 4.39 Å². The summed E-state index contributed by atoms with van der Waals surface area (Å²) in [7, 11) is 0. The zero-order chi connectivity index (χ0) is 25.9. The molecule has 1 aliphatic rings. The van der Waals surface area contributed by atoms with Crippen LogP contribution in [-0.4, -0.2) is 66.1 Å². The van der Waals surface area contributed by atoms with Gasteiger partial charge in [0.25, 0.3) is 0 Å². The van der Waals surface area contributed by atoms with Crippen LogP contribution in [0.15, 0.2) is 36.8 Å². The van der Waals surface area contributed by atoms with Gasteiger partial charge in [-0.1, -0.05) is 13.8 Å². The van der Waals surface area contributed by atoms with Crippen molar-refractivity contribution in [1.82, 2.24) is 39.9 Å². The van der Waals surface area contributed by atoms with E-state index in [0.29, 0.717) is 35.2 Å². The minimum atomic E-state index is -0.454. The van der Waals surface area contributed by atoms with Crippen LogP contribution < -0.4 is 10.5 Å². The van der Waals surface area contributed by atoms with Crippen molar-refractivity contribution >= 4 is 5.82 Å². The fraction of sp³-hybridized carbons (Fsp3) is 0.423. The molecule has 4 aromatic rings. The number of ether oxygens (including phenoxy) is 1. The molecule has 1 saturated heterocycles.